The number of hydrogen-bond acceptors (Lipinski definition) is 3. The van der Waals surface area contributed by atoms with Gasteiger partial charge in [-0.1, -0.05) is 36.8 Å². The van der Waals surface area contributed by atoms with Gasteiger partial charge in [0.2, 0.25) is 0 Å². The van der Waals surface area contributed by atoms with Gasteiger partial charge in [-0.25, -0.2) is 0 Å². The molecule has 0 aliphatic heterocycles. The minimum Gasteiger partial charge on any atom is -0.396 e. The lowest BCUT2D eigenvalue weighted by Crippen LogP contribution is -2.26. The summed E-state index contributed by atoms with van der Waals surface area (Å²) in [5.74, 6) is 1.01. The van der Waals surface area contributed by atoms with Crippen molar-refractivity contribution in [3.63, 3.8) is 0 Å². The first-order chi connectivity index (χ1) is 10.8. The van der Waals surface area contributed by atoms with Crippen molar-refractivity contribution in [1.29, 1.82) is 0 Å². The normalized spacial score (nSPS) is 18.0. The Morgan fingerprint density at radius 2 is 2.14 bits per heavy atom. The summed E-state index contributed by atoms with van der Waals surface area (Å²) >= 11 is 4.21. The number of unbranched alkanes of at least 4 members (excludes halogenated alkanes) is 1. The van der Waals surface area contributed by atoms with Crippen LogP contribution in [0, 0.1) is 5.92 Å². The number of allylic oxidation sites excluding steroid dienone is 6. The summed E-state index contributed by atoms with van der Waals surface area (Å²) in [4.78, 5) is 12.3. The van der Waals surface area contributed by atoms with Gasteiger partial charge in [0.15, 0.2) is 0 Å². The Bertz CT molecular complexity index is 513. The van der Waals surface area contributed by atoms with Gasteiger partial charge in [0, 0.05) is 18.7 Å². The van der Waals surface area contributed by atoms with Crippen LogP contribution in [0.15, 0.2) is 47.1 Å². The maximum atomic E-state index is 12.3. The third-order valence-electron chi connectivity index (χ3n) is 4.10. The maximum Gasteiger partial charge on any atom is 0.251 e. The fourth-order valence-electron chi connectivity index (χ4n) is 2.76. The molecule has 2 rings (SSSR count). The van der Waals surface area contributed by atoms with E-state index in [4.69, 9.17) is 5.11 Å². The molecular weight excluding hydrogens is 294 g/mol. The molecule has 0 saturated carbocycles. The standard InChI is InChI=1S/C18H25NO2S/c20-12-14(13-22)6-3-4-11-19-18(21)17-10-5-9-16(17)15-7-1-2-8-15/h1,7-10,14,20,22H,2-6,11-13H2,(H,19,21). The highest BCUT2D eigenvalue weighted by atomic mass is 32.1. The average Bonchev–Trinajstić information content (AvgIpc) is 3.21. The van der Waals surface area contributed by atoms with Gasteiger partial charge >= 0.3 is 0 Å². The van der Waals surface area contributed by atoms with E-state index in [1.807, 2.05) is 6.08 Å². The summed E-state index contributed by atoms with van der Waals surface area (Å²) in [6.07, 6.45) is 15.2. The molecule has 1 atom stereocenters. The minimum absolute atomic E-state index is 0.0258. The second kappa shape index (κ2) is 9.01. The molecule has 0 saturated heterocycles. The molecular formula is C18H25NO2S. The van der Waals surface area contributed by atoms with Crippen LogP contribution < -0.4 is 5.32 Å². The Kier molecular flexibility index (Phi) is 7.00. The number of hydrogen-bond donors (Lipinski definition) is 3. The number of nitrogens with one attached hydrogen (secondary N) is 1. The Labute approximate surface area is 138 Å². The van der Waals surface area contributed by atoms with Gasteiger partial charge in [-0.2, -0.15) is 12.6 Å². The lowest BCUT2D eigenvalue weighted by molar-refractivity contribution is -0.117. The smallest absolute Gasteiger partial charge is 0.251 e. The van der Waals surface area contributed by atoms with E-state index in [9.17, 15) is 4.79 Å². The molecule has 0 bridgehead atoms. The van der Waals surface area contributed by atoms with Crippen LogP contribution in [0.25, 0.3) is 0 Å². The third kappa shape index (κ3) is 4.62. The highest BCUT2D eigenvalue weighted by molar-refractivity contribution is 7.80. The molecule has 22 heavy (non-hydrogen) atoms. The van der Waals surface area contributed by atoms with E-state index in [0.717, 1.165) is 43.3 Å². The summed E-state index contributed by atoms with van der Waals surface area (Å²) in [5.41, 5.74) is 3.04. The summed E-state index contributed by atoms with van der Waals surface area (Å²) in [6.45, 7) is 0.878. The number of aliphatic hydroxyl groups excluding tert-OH is 1. The zero-order valence-corrected chi connectivity index (χ0v) is 13.8. The first-order valence-electron chi connectivity index (χ1n) is 8.04. The first kappa shape index (κ1) is 17.1. The summed E-state index contributed by atoms with van der Waals surface area (Å²) in [7, 11) is 0. The number of rotatable bonds is 9. The summed E-state index contributed by atoms with van der Waals surface area (Å²) in [6, 6.07) is 0. The van der Waals surface area contributed by atoms with E-state index in [0.29, 0.717) is 12.3 Å². The fraction of sp³-hybridized carbons (Fsp3) is 0.500. The van der Waals surface area contributed by atoms with Gasteiger partial charge in [0.05, 0.1) is 0 Å². The van der Waals surface area contributed by atoms with Gasteiger partial charge in [0.25, 0.3) is 5.91 Å². The molecule has 0 fully saturated rings. The predicted octanol–water partition coefficient (Wildman–Crippen LogP) is 2.95. The lowest BCUT2D eigenvalue weighted by atomic mass is 10.0. The minimum atomic E-state index is 0.0258. The predicted molar refractivity (Wildman–Crippen MR) is 93.9 cm³/mol. The monoisotopic (exact) mass is 319 g/mol. The molecule has 1 amide bonds. The highest BCUT2D eigenvalue weighted by Gasteiger charge is 2.20. The van der Waals surface area contributed by atoms with Gasteiger partial charge in [-0.3, -0.25) is 4.79 Å². The number of carbonyl (C=O) groups is 1. The SMILES string of the molecule is O=C(NCCCCC(CO)CS)C1=CCC=C1C1=CCC=C1. The van der Waals surface area contributed by atoms with E-state index in [1.54, 1.807) is 0 Å². The average molecular weight is 319 g/mol. The highest BCUT2D eigenvalue weighted by Crippen LogP contribution is 2.29. The quantitative estimate of drug-likeness (QED) is 0.452. The van der Waals surface area contributed by atoms with Crippen LogP contribution in [0.4, 0.5) is 0 Å². The van der Waals surface area contributed by atoms with Crippen molar-refractivity contribution in [3.05, 3.63) is 47.1 Å². The Morgan fingerprint density at radius 3 is 2.82 bits per heavy atom. The zero-order valence-electron chi connectivity index (χ0n) is 12.9. The second-order valence-corrected chi connectivity index (χ2v) is 6.12. The molecule has 120 valence electrons. The van der Waals surface area contributed by atoms with E-state index in [-0.39, 0.29) is 18.4 Å². The molecule has 0 aromatic heterocycles. The molecule has 0 radical (unpaired) electrons. The van der Waals surface area contributed by atoms with E-state index in [2.05, 4.69) is 42.2 Å². The topological polar surface area (TPSA) is 49.3 Å². The molecule has 0 aromatic rings. The van der Waals surface area contributed by atoms with Crippen LogP contribution >= 0.6 is 12.6 Å². The van der Waals surface area contributed by atoms with Crippen LogP contribution in [0.3, 0.4) is 0 Å². The Hall–Kier alpha value is -1.26. The van der Waals surface area contributed by atoms with Gasteiger partial charge in [0.1, 0.15) is 0 Å². The van der Waals surface area contributed by atoms with Gasteiger partial charge < -0.3 is 10.4 Å². The first-order valence-corrected chi connectivity index (χ1v) is 8.67. The third-order valence-corrected chi connectivity index (χ3v) is 4.62. The maximum absolute atomic E-state index is 12.3. The number of amides is 1. The van der Waals surface area contributed by atoms with Crippen molar-refractivity contribution in [2.45, 2.75) is 32.1 Å². The molecule has 0 heterocycles. The van der Waals surface area contributed by atoms with Crippen molar-refractivity contribution in [1.82, 2.24) is 5.32 Å². The Morgan fingerprint density at radius 1 is 1.27 bits per heavy atom. The molecule has 2 aliphatic carbocycles. The molecule has 2 aliphatic rings. The van der Waals surface area contributed by atoms with Crippen molar-refractivity contribution in [2.75, 3.05) is 18.9 Å². The zero-order chi connectivity index (χ0) is 15.8. The van der Waals surface area contributed by atoms with Crippen molar-refractivity contribution in [2.24, 2.45) is 5.92 Å². The number of thiol groups is 1. The summed E-state index contributed by atoms with van der Waals surface area (Å²) < 4.78 is 0. The van der Waals surface area contributed by atoms with Crippen LogP contribution in [-0.4, -0.2) is 29.9 Å². The second-order valence-electron chi connectivity index (χ2n) is 5.75. The number of carbonyl (C=O) groups excluding carboxylic acids is 1. The van der Waals surface area contributed by atoms with Crippen LogP contribution in [0.1, 0.15) is 32.1 Å². The molecule has 2 N–H and O–H groups in total. The van der Waals surface area contributed by atoms with Crippen molar-refractivity contribution in [3.8, 4) is 0 Å². The number of aliphatic hydroxyl groups is 1. The lowest BCUT2D eigenvalue weighted by Gasteiger charge is -2.12. The van der Waals surface area contributed by atoms with Crippen LogP contribution in [0.5, 0.6) is 0 Å². The van der Waals surface area contributed by atoms with Crippen LogP contribution in [0.2, 0.25) is 0 Å². The van der Waals surface area contributed by atoms with Gasteiger partial charge in [-0.05, 0) is 48.5 Å². The molecule has 4 heteroatoms. The Balaban J connectivity index is 1.72. The van der Waals surface area contributed by atoms with Crippen molar-refractivity contribution < 1.29 is 9.90 Å². The molecule has 0 spiro atoms. The largest absolute Gasteiger partial charge is 0.396 e. The van der Waals surface area contributed by atoms with Crippen LogP contribution in [-0.2, 0) is 4.79 Å². The van der Waals surface area contributed by atoms with Crippen molar-refractivity contribution >= 4 is 18.5 Å². The van der Waals surface area contributed by atoms with Gasteiger partial charge in [-0.15, -0.1) is 0 Å². The fourth-order valence-corrected chi connectivity index (χ4v) is 3.05. The molecule has 3 nitrogen and oxygen atoms in total. The molecule has 0 aromatic carbocycles. The van der Waals surface area contributed by atoms with E-state index in [1.165, 1.54) is 5.57 Å². The van der Waals surface area contributed by atoms with E-state index >= 15 is 0 Å². The summed E-state index contributed by atoms with van der Waals surface area (Å²) in [5, 5.41) is 12.1. The molecule has 1 unspecified atom stereocenters. The van der Waals surface area contributed by atoms with E-state index < -0.39 is 0 Å².